The van der Waals surface area contributed by atoms with Gasteiger partial charge >= 0.3 is 0 Å². The molecule has 0 bridgehead atoms. The van der Waals surface area contributed by atoms with Crippen LogP contribution in [0.4, 0.5) is 11.4 Å². The van der Waals surface area contributed by atoms with Crippen molar-refractivity contribution in [2.75, 3.05) is 32.8 Å². The van der Waals surface area contributed by atoms with Gasteiger partial charge in [0.2, 0.25) is 5.88 Å². The maximum atomic E-state index is 5.57. The van der Waals surface area contributed by atoms with Gasteiger partial charge in [0.25, 0.3) is 0 Å². The van der Waals surface area contributed by atoms with E-state index in [2.05, 4.69) is 9.88 Å². The van der Waals surface area contributed by atoms with Gasteiger partial charge in [0, 0.05) is 29.9 Å². The summed E-state index contributed by atoms with van der Waals surface area (Å²) in [5.74, 6) is 2.06. The fraction of sp³-hybridized carbons (Fsp3) is 0.300. The van der Waals surface area contributed by atoms with E-state index in [0.717, 1.165) is 46.7 Å². The largest absolute Gasteiger partial charge is 0.497 e. The average molecular weight is 351 g/mol. The van der Waals surface area contributed by atoms with Gasteiger partial charge in [-0.2, -0.15) is 0 Å². The van der Waals surface area contributed by atoms with Crippen LogP contribution in [0, 0.1) is 6.92 Å². The zero-order chi connectivity index (χ0) is 18.3. The molecule has 134 valence electrons. The number of pyridine rings is 2. The molecule has 2 aromatic heterocycles. The van der Waals surface area contributed by atoms with Crippen LogP contribution in [0.5, 0.6) is 17.4 Å². The SMILES string of the molecule is COc1cc(OC)c2nc(C)c3c(c2c1)N(c1cccnc1OC)CC3. The zero-order valence-corrected chi connectivity index (χ0v) is 15.4. The number of aromatic nitrogens is 2. The Morgan fingerprint density at radius 3 is 2.65 bits per heavy atom. The highest BCUT2D eigenvalue weighted by atomic mass is 16.5. The van der Waals surface area contributed by atoms with Gasteiger partial charge in [0.15, 0.2) is 0 Å². The molecular weight excluding hydrogens is 330 g/mol. The first kappa shape index (κ1) is 16.4. The van der Waals surface area contributed by atoms with Crippen molar-refractivity contribution in [3.63, 3.8) is 0 Å². The molecule has 0 spiro atoms. The summed E-state index contributed by atoms with van der Waals surface area (Å²) >= 11 is 0. The van der Waals surface area contributed by atoms with E-state index in [-0.39, 0.29) is 0 Å². The predicted octanol–water partition coefficient (Wildman–Crippen LogP) is 3.66. The van der Waals surface area contributed by atoms with Crippen LogP contribution >= 0.6 is 0 Å². The van der Waals surface area contributed by atoms with Gasteiger partial charge in [-0.15, -0.1) is 0 Å². The summed E-state index contributed by atoms with van der Waals surface area (Å²) in [4.78, 5) is 11.4. The predicted molar refractivity (Wildman–Crippen MR) is 101 cm³/mol. The Morgan fingerprint density at radius 1 is 1.08 bits per heavy atom. The van der Waals surface area contributed by atoms with Crippen molar-refractivity contribution >= 4 is 22.3 Å². The molecule has 0 aliphatic carbocycles. The van der Waals surface area contributed by atoms with E-state index in [4.69, 9.17) is 19.2 Å². The summed E-state index contributed by atoms with van der Waals surface area (Å²) < 4.78 is 16.5. The first-order valence-corrected chi connectivity index (χ1v) is 8.49. The molecule has 26 heavy (non-hydrogen) atoms. The lowest BCUT2D eigenvalue weighted by atomic mass is 10.1. The van der Waals surface area contributed by atoms with Crippen LogP contribution in [0.15, 0.2) is 30.5 Å². The highest BCUT2D eigenvalue weighted by Crippen LogP contribution is 2.45. The van der Waals surface area contributed by atoms with Crippen LogP contribution in [-0.2, 0) is 6.42 Å². The Labute approximate surface area is 152 Å². The number of benzene rings is 1. The van der Waals surface area contributed by atoms with Crippen molar-refractivity contribution in [1.82, 2.24) is 9.97 Å². The molecular formula is C20H21N3O3. The maximum Gasteiger partial charge on any atom is 0.237 e. The number of hydrogen-bond acceptors (Lipinski definition) is 6. The summed E-state index contributed by atoms with van der Waals surface area (Å²) in [7, 11) is 4.95. The van der Waals surface area contributed by atoms with E-state index in [0.29, 0.717) is 11.6 Å². The van der Waals surface area contributed by atoms with Gasteiger partial charge in [-0.3, -0.25) is 0 Å². The highest BCUT2D eigenvalue weighted by molar-refractivity contribution is 6.01. The molecule has 3 heterocycles. The maximum absolute atomic E-state index is 5.57. The van der Waals surface area contributed by atoms with Crippen molar-refractivity contribution in [2.45, 2.75) is 13.3 Å². The molecule has 1 aliphatic heterocycles. The molecule has 3 aromatic rings. The third-order valence-electron chi connectivity index (χ3n) is 4.85. The number of aryl methyl sites for hydroxylation is 1. The normalized spacial score (nSPS) is 13.0. The quantitative estimate of drug-likeness (QED) is 0.715. The van der Waals surface area contributed by atoms with E-state index >= 15 is 0 Å². The average Bonchev–Trinajstić information content (AvgIpc) is 3.13. The summed E-state index contributed by atoms with van der Waals surface area (Å²) in [6.45, 7) is 2.89. The third kappa shape index (κ3) is 2.41. The lowest BCUT2D eigenvalue weighted by molar-refractivity contribution is 0.397. The van der Waals surface area contributed by atoms with Crippen LogP contribution in [-0.4, -0.2) is 37.8 Å². The fourth-order valence-electron chi connectivity index (χ4n) is 3.65. The van der Waals surface area contributed by atoms with Crippen molar-refractivity contribution in [3.05, 3.63) is 41.7 Å². The van der Waals surface area contributed by atoms with Crippen molar-refractivity contribution in [3.8, 4) is 17.4 Å². The van der Waals surface area contributed by atoms with Crippen LogP contribution in [0.1, 0.15) is 11.3 Å². The molecule has 4 rings (SSSR count). The number of ether oxygens (including phenoxy) is 3. The van der Waals surface area contributed by atoms with Gasteiger partial charge in [-0.1, -0.05) is 0 Å². The first-order valence-electron chi connectivity index (χ1n) is 8.49. The second kappa shape index (κ2) is 6.37. The van der Waals surface area contributed by atoms with Gasteiger partial charge in [-0.05, 0) is 37.1 Å². The van der Waals surface area contributed by atoms with E-state index in [1.807, 2.05) is 31.2 Å². The lowest BCUT2D eigenvalue weighted by Crippen LogP contribution is -2.15. The second-order valence-corrected chi connectivity index (χ2v) is 6.18. The number of anilines is 2. The van der Waals surface area contributed by atoms with Crippen LogP contribution < -0.4 is 19.1 Å². The monoisotopic (exact) mass is 351 g/mol. The summed E-state index contributed by atoms with van der Waals surface area (Å²) in [6, 6.07) is 7.84. The Kier molecular flexibility index (Phi) is 4.03. The Hall–Kier alpha value is -3.02. The minimum absolute atomic E-state index is 0.609. The van der Waals surface area contributed by atoms with E-state index in [1.165, 1.54) is 5.56 Å². The molecule has 6 heteroatoms. The van der Waals surface area contributed by atoms with Crippen LogP contribution in [0.3, 0.4) is 0 Å². The lowest BCUT2D eigenvalue weighted by Gasteiger charge is -2.23. The van der Waals surface area contributed by atoms with Gasteiger partial charge in [0.1, 0.15) is 22.7 Å². The molecule has 1 aromatic carbocycles. The summed E-state index contributed by atoms with van der Waals surface area (Å²) in [5, 5.41) is 1.00. The number of hydrogen-bond donors (Lipinski definition) is 0. The Bertz CT molecular complexity index is 988. The van der Waals surface area contributed by atoms with E-state index < -0.39 is 0 Å². The Morgan fingerprint density at radius 2 is 1.92 bits per heavy atom. The molecule has 0 unspecified atom stereocenters. The molecule has 0 N–H and O–H groups in total. The molecule has 0 saturated heterocycles. The molecule has 0 radical (unpaired) electrons. The highest BCUT2D eigenvalue weighted by Gasteiger charge is 2.29. The minimum Gasteiger partial charge on any atom is -0.497 e. The number of fused-ring (bicyclic) bond motifs is 3. The number of methoxy groups -OCH3 is 3. The second-order valence-electron chi connectivity index (χ2n) is 6.18. The standard InChI is InChI=1S/C20H21N3O3/c1-12-14-7-9-23(16-6-5-8-21-20(16)26-4)19(14)15-10-13(24-2)11-17(25-3)18(15)22-12/h5-6,8,10-11H,7,9H2,1-4H3. The zero-order valence-electron chi connectivity index (χ0n) is 15.4. The van der Waals surface area contributed by atoms with E-state index in [1.54, 1.807) is 27.5 Å². The molecule has 0 atom stereocenters. The molecule has 0 amide bonds. The van der Waals surface area contributed by atoms with Crippen LogP contribution in [0.2, 0.25) is 0 Å². The van der Waals surface area contributed by atoms with E-state index in [9.17, 15) is 0 Å². The first-order chi connectivity index (χ1) is 12.7. The Balaban J connectivity index is 2.03. The minimum atomic E-state index is 0.609. The molecule has 0 saturated carbocycles. The third-order valence-corrected chi connectivity index (χ3v) is 4.85. The smallest absolute Gasteiger partial charge is 0.237 e. The number of rotatable bonds is 4. The molecule has 1 aliphatic rings. The van der Waals surface area contributed by atoms with Crippen molar-refractivity contribution in [1.29, 1.82) is 0 Å². The fourth-order valence-corrected chi connectivity index (χ4v) is 3.65. The van der Waals surface area contributed by atoms with Crippen LogP contribution in [0.25, 0.3) is 10.9 Å². The van der Waals surface area contributed by atoms with Gasteiger partial charge in [0.05, 0.1) is 27.0 Å². The topological polar surface area (TPSA) is 56.7 Å². The number of nitrogens with zero attached hydrogens (tertiary/aromatic N) is 3. The summed E-state index contributed by atoms with van der Waals surface area (Å²) in [6.07, 6.45) is 2.66. The van der Waals surface area contributed by atoms with Crippen molar-refractivity contribution < 1.29 is 14.2 Å². The molecule has 6 nitrogen and oxygen atoms in total. The van der Waals surface area contributed by atoms with Crippen molar-refractivity contribution in [2.24, 2.45) is 0 Å². The van der Waals surface area contributed by atoms with Gasteiger partial charge in [-0.25, -0.2) is 9.97 Å². The molecule has 0 fully saturated rings. The summed E-state index contributed by atoms with van der Waals surface area (Å²) in [5.41, 5.74) is 5.15. The van der Waals surface area contributed by atoms with Gasteiger partial charge < -0.3 is 19.1 Å².